The predicted molar refractivity (Wildman–Crippen MR) is 81.9 cm³/mol. The molecule has 0 aliphatic carbocycles. The van der Waals surface area contributed by atoms with Crippen molar-refractivity contribution in [2.75, 3.05) is 31.7 Å². The molecule has 20 heavy (non-hydrogen) atoms. The molecule has 0 radical (unpaired) electrons. The maximum atomic E-state index is 14.4. The highest BCUT2D eigenvalue weighted by Crippen LogP contribution is 2.29. The summed E-state index contributed by atoms with van der Waals surface area (Å²) in [6.07, 6.45) is 2.17. The van der Waals surface area contributed by atoms with Gasteiger partial charge < -0.3 is 15.4 Å². The van der Waals surface area contributed by atoms with E-state index < -0.39 is 0 Å². The normalized spacial score (nSPS) is 18.9. The molecule has 0 saturated carbocycles. The van der Waals surface area contributed by atoms with Crippen LogP contribution in [0.4, 0.5) is 10.1 Å². The number of amidine groups is 1. The summed E-state index contributed by atoms with van der Waals surface area (Å²) < 4.78 is 20.0. The number of nitrogens with one attached hydrogen (secondary N) is 1. The molecule has 0 spiro atoms. The van der Waals surface area contributed by atoms with Gasteiger partial charge in [0.25, 0.3) is 0 Å². The topological polar surface area (TPSA) is 62.3 Å². The summed E-state index contributed by atoms with van der Waals surface area (Å²) in [5, 5.41) is 7.41. The van der Waals surface area contributed by atoms with Gasteiger partial charge in [0.2, 0.25) is 0 Å². The van der Waals surface area contributed by atoms with E-state index in [0.717, 1.165) is 32.6 Å². The monoisotopic (exact) mass is 343 g/mol. The summed E-state index contributed by atoms with van der Waals surface area (Å²) >= 11 is 3.18. The van der Waals surface area contributed by atoms with Crippen molar-refractivity contribution in [3.63, 3.8) is 0 Å². The number of anilines is 1. The van der Waals surface area contributed by atoms with Gasteiger partial charge in [-0.05, 0) is 46.8 Å². The molecule has 0 bridgehead atoms. The lowest BCUT2D eigenvalue weighted by Crippen LogP contribution is -2.31. The summed E-state index contributed by atoms with van der Waals surface area (Å²) in [5.74, 6) is -0.0954. The van der Waals surface area contributed by atoms with Crippen molar-refractivity contribution in [2.24, 2.45) is 11.7 Å². The van der Waals surface area contributed by atoms with Crippen LogP contribution in [0.2, 0.25) is 0 Å². The first-order valence-electron chi connectivity index (χ1n) is 6.62. The lowest BCUT2D eigenvalue weighted by Gasteiger charge is -2.29. The summed E-state index contributed by atoms with van der Waals surface area (Å²) in [6, 6.07) is 3.33. The fraction of sp³-hybridized carbons (Fsp3) is 0.500. The maximum absolute atomic E-state index is 14.4. The van der Waals surface area contributed by atoms with E-state index in [4.69, 9.17) is 15.9 Å². The lowest BCUT2D eigenvalue weighted by atomic mass is 10.0. The fourth-order valence-corrected chi connectivity index (χ4v) is 3.03. The van der Waals surface area contributed by atoms with Gasteiger partial charge >= 0.3 is 0 Å². The molecular weight excluding hydrogens is 325 g/mol. The standard InChI is InChI=1S/C14H19BrFN3O/c1-19(7-9-3-2-6-20-8-9)11-5-4-10(14(17)18)12(15)13(11)16/h4-5,9H,2-3,6-8H2,1H3,(H3,17,18). The molecule has 6 heteroatoms. The Bertz CT molecular complexity index is 503. The van der Waals surface area contributed by atoms with Crippen LogP contribution < -0.4 is 10.6 Å². The molecule has 0 amide bonds. The van der Waals surface area contributed by atoms with Crippen LogP contribution in [-0.2, 0) is 4.74 Å². The van der Waals surface area contributed by atoms with Crippen LogP contribution in [0.15, 0.2) is 16.6 Å². The molecule has 4 nitrogen and oxygen atoms in total. The zero-order valence-electron chi connectivity index (χ0n) is 11.5. The third kappa shape index (κ3) is 3.30. The molecule has 1 unspecified atom stereocenters. The Morgan fingerprint density at radius 1 is 1.60 bits per heavy atom. The molecule has 110 valence electrons. The number of ether oxygens (including phenoxy) is 1. The van der Waals surface area contributed by atoms with Crippen molar-refractivity contribution in [1.29, 1.82) is 5.41 Å². The maximum Gasteiger partial charge on any atom is 0.161 e. The number of nitrogens with two attached hydrogens (primary N) is 1. The highest BCUT2D eigenvalue weighted by atomic mass is 79.9. The fourth-order valence-electron chi connectivity index (χ4n) is 2.48. The van der Waals surface area contributed by atoms with Crippen LogP contribution in [0.25, 0.3) is 0 Å². The SMILES string of the molecule is CN(CC1CCCOC1)c1ccc(C(=N)N)c(Br)c1F. The summed E-state index contributed by atoms with van der Waals surface area (Å²) in [4.78, 5) is 1.89. The van der Waals surface area contributed by atoms with Crippen LogP contribution in [0.5, 0.6) is 0 Å². The molecule has 1 fully saturated rings. The van der Waals surface area contributed by atoms with E-state index in [1.54, 1.807) is 12.1 Å². The molecule has 0 aromatic heterocycles. The van der Waals surface area contributed by atoms with Crippen LogP contribution in [0.3, 0.4) is 0 Å². The Morgan fingerprint density at radius 3 is 2.95 bits per heavy atom. The molecule has 3 N–H and O–H groups in total. The number of nitrogen functional groups attached to an aromatic ring is 1. The second kappa shape index (κ2) is 6.54. The molecule has 1 atom stereocenters. The predicted octanol–water partition coefficient (Wildman–Crippen LogP) is 2.74. The van der Waals surface area contributed by atoms with Crippen LogP contribution in [-0.4, -0.2) is 32.6 Å². The van der Waals surface area contributed by atoms with E-state index in [-0.39, 0.29) is 16.1 Å². The van der Waals surface area contributed by atoms with Gasteiger partial charge in [0.05, 0.1) is 16.8 Å². The van der Waals surface area contributed by atoms with Gasteiger partial charge in [-0.2, -0.15) is 0 Å². The second-order valence-corrected chi connectivity index (χ2v) is 5.93. The molecule has 2 rings (SSSR count). The first kappa shape index (κ1) is 15.3. The Kier molecular flexibility index (Phi) is 4.99. The van der Waals surface area contributed by atoms with Crippen molar-refractivity contribution in [2.45, 2.75) is 12.8 Å². The van der Waals surface area contributed by atoms with Gasteiger partial charge in [-0.1, -0.05) is 0 Å². The Morgan fingerprint density at radius 2 is 2.35 bits per heavy atom. The van der Waals surface area contributed by atoms with Crippen molar-refractivity contribution in [1.82, 2.24) is 0 Å². The highest BCUT2D eigenvalue weighted by Gasteiger charge is 2.20. The van der Waals surface area contributed by atoms with Gasteiger partial charge in [-0.25, -0.2) is 4.39 Å². The first-order valence-corrected chi connectivity index (χ1v) is 7.41. The first-order chi connectivity index (χ1) is 9.50. The Balaban J connectivity index is 2.15. The number of hydrogen-bond acceptors (Lipinski definition) is 3. The van der Waals surface area contributed by atoms with E-state index in [0.29, 0.717) is 17.2 Å². The molecule has 1 aliphatic rings. The number of halogens is 2. The number of benzene rings is 1. The average molecular weight is 344 g/mol. The van der Waals surface area contributed by atoms with Crippen molar-refractivity contribution < 1.29 is 9.13 Å². The zero-order valence-corrected chi connectivity index (χ0v) is 13.0. The minimum atomic E-state index is -0.378. The van der Waals surface area contributed by atoms with E-state index >= 15 is 0 Å². The molecule has 1 aromatic rings. The highest BCUT2D eigenvalue weighted by molar-refractivity contribution is 9.10. The van der Waals surface area contributed by atoms with Crippen LogP contribution in [0, 0.1) is 17.1 Å². The van der Waals surface area contributed by atoms with Crippen molar-refractivity contribution in [3.05, 3.63) is 28.0 Å². The van der Waals surface area contributed by atoms with E-state index in [1.165, 1.54) is 0 Å². The molecule has 1 saturated heterocycles. The minimum absolute atomic E-state index is 0.148. The zero-order chi connectivity index (χ0) is 14.7. The van der Waals surface area contributed by atoms with E-state index in [1.807, 2.05) is 11.9 Å². The largest absolute Gasteiger partial charge is 0.384 e. The van der Waals surface area contributed by atoms with Gasteiger partial charge in [-0.15, -0.1) is 0 Å². The summed E-state index contributed by atoms with van der Waals surface area (Å²) in [7, 11) is 1.87. The summed E-state index contributed by atoms with van der Waals surface area (Å²) in [6.45, 7) is 2.31. The van der Waals surface area contributed by atoms with Crippen molar-refractivity contribution >= 4 is 27.5 Å². The van der Waals surface area contributed by atoms with Gasteiger partial charge in [0.15, 0.2) is 5.82 Å². The third-order valence-corrected chi connectivity index (χ3v) is 4.33. The molecular formula is C14H19BrFN3O. The van der Waals surface area contributed by atoms with E-state index in [2.05, 4.69) is 15.9 Å². The van der Waals surface area contributed by atoms with Gasteiger partial charge in [0, 0.05) is 25.8 Å². The van der Waals surface area contributed by atoms with Crippen molar-refractivity contribution in [3.8, 4) is 0 Å². The molecule has 1 aromatic carbocycles. The number of nitrogens with zero attached hydrogens (tertiary/aromatic N) is 1. The smallest absolute Gasteiger partial charge is 0.161 e. The summed E-state index contributed by atoms with van der Waals surface area (Å²) in [5.41, 5.74) is 6.30. The lowest BCUT2D eigenvalue weighted by molar-refractivity contribution is 0.0576. The Labute approximate surface area is 126 Å². The van der Waals surface area contributed by atoms with E-state index in [9.17, 15) is 4.39 Å². The average Bonchev–Trinajstić information content (AvgIpc) is 2.42. The number of hydrogen-bond donors (Lipinski definition) is 2. The van der Waals surface area contributed by atoms with Crippen LogP contribution in [0.1, 0.15) is 18.4 Å². The Hall–Kier alpha value is -1.14. The second-order valence-electron chi connectivity index (χ2n) is 5.14. The van der Waals surface area contributed by atoms with Gasteiger partial charge in [0.1, 0.15) is 5.84 Å². The molecule has 1 aliphatic heterocycles. The minimum Gasteiger partial charge on any atom is -0.384 e. The van der Waals surface area contributed by atoms with Gasteiger partial charge in [-0.3, -0.25) is 5.41 Å². The number of rotatable bonds is 4. The molecule has 1 heterocycles. The van der Waals surface area contributed by atoms with Crippen LogP contribution >= 0.6 is 15.9 Å². The third-order valence-electron chi connectivity index (χ3n) is 3.55. The quantitative estimate of drug-likeness (QED) is 0.652.